The molecule has 0 spiro atoms. The van der Waals surface area contributed by atoms with Crippen molar-refractivity contribution in [2.24, 2.45) is 17.1 Å². The lowest BCUT2D eigenvalue weighted by Gasteiger charge is -2.50. The van der Waals surface area contributed by atoms with Crippen molar-refractivity contribution in [3.8, 4) is 0 Å². The molecule has 1 aliphatic carbocycles. The molecule has 2 aliphatic rings. The number of carbonyl (C=O) groups is 1. The van der Waals surface area contributed by atoms with E-state index in [1.54, 1.807) is 0 Å². The Morgan fingerprint density at radius 2 is 1.90 bits per heavy atom. The lowest BCUT2D eigenvalue weighted by atomic mass is 9.68. The molecular formula is C23H37BN2O4. The molecule has 3 rings (SSSR count). The number of hydrogen-bond donors (Lipinski definition) is 4. The molecule has 5 N–H and O–H groups in total. The molecule has 2 unspecified atom stereocenters. The molecule has 1 fully saturated rings. The number of nitrogens with two attached hydrogens (primary N) is 1. The zero-order valence-electron chi connectivity index (χ0n) is 18.4. The topological polar surface area (TPSA) is 107 Å². The summed E-state index contributed by atoms with van der Waals surface area (Å²) in [6.07, 6.45) is 5.60. The predicted molar refractivity (Wildman–Crippen MR) is 119 cm³/mol. The Kier molecular flexibility index (Phi) is 7.28. The Balaban J connectivity index is 1.67. The van der Waals surface area contributed by atoms with E-state index in [1.165, 1.54) is 11.1 Å². The first-order valence-corrected chi connectivity index (χ1v) is 11.4. The average molecular weight is 416 g/mol. The molecule has 6 nitrogen and oxygen atoms in total. The Morgan fingerprint density at radius 1 is 1.23 bits per heavy atom. The number of carboxylic acids is 1. The van der Waals surface area contributed by atoms with Crippen LogP contribution in [0.3, 0.4) is 0 Å². The van der Waals surface area contributed by atoms with E-state index >= 15 is 0 Å². The zero-order valence-corrected chi connectivity index (χ0v) is 18.4. The second kappa shape index (κ2) is 9.39. The fraction of sp³-hybridized carbons (Fsp3) is 0.696. The van der Waals surface area contributed by atoms with Crippen LogP contribution in [0, 0.1) is 11.3 Å². The van der Waals surface area contributed by atoms with Crippen LogP contribution in [0.25, 0.3) is 0 Å². The maximum Gasteiger partial charge on any atom is 0.451 e. The number of benzene rings is 1. The van der Waals surface area contributed by atoms with Crippen molar-refractivity contribution in [3.05, 3.63) is 35.4 Å². The van der Waals surface area contributed by atoms with Crippen molar-refractivity contribution in [1.29, 1.82) is 0 Å². The molecule has 1 aliphatic heterocycles. The van der Waals surface area contributed by atoms with E-state index in [4.69, 9.17) is 15.8 Å². The molecular weight excluding hydrogens is 379 g/mol. The third-order valence-corrected chi connectivity index (χ3v) is 7.45. The summed E-state index contributed by atoms with van der Waals surface area (Å²) in [7, 11) is -1.34. The number of fused-ring (bicyclic) bond motifs is 1. The lowest BCUT2D eigenvalue weighted by molar-refractivity contribution is -0.147. The molecule has 1 saturated heterocycles. The number of unbranched alkanes of at least 4 members (excludes halogenated alkanes) is 1. The van der Waals surface area contributed by atoms with Crippen molar-refractivity contribution in [1.82, 2.24) is 4.90 Å². The van der Waals surface area contributed by atoms with E-state index in [0.29, 0.717) is 25.3 Å². The molecule has 2 atom stereocenters. The molecule has 0 aromatic heterocycles. The Hall–Kier alpha value is -1.41. The van der Waals surface area contributed by atoms with Crippen LogP contribution in [-0.4, -0.2) is 51.8 Å². The van der Waals surface area contributed by atoms with E-state index in [2.05, 4.69) is 43.0 Å². The minimum atomic E-state index is -1.34. The number of piperidine rings is 1. The maximum absolute atomic E-state index is 12.1. The number of hydrogen-bond acceptors (Lipinski definition) is 5. The Labute approximate surface area is 180 Å². The van der Waals surface area contributed by atoms with Crippen molar-refractivity contribution >= 4 is 13.1 Å². The van der Waals surface area contributed by atoms with Crippen LogP contribution in [0.5, 0.6) is 0 Å². The Morgan fingerprint density at radius 3 is 2.53 bits per heavy atom. The van der Waals surface area contributed by atoms with Crippen LogP contribution in [0.4, 0.5) is 0 Å². The van der Waals surface area contributed by atoms with Gasteiger partial charge in [0, 0.05) is 6.04 Å². The van der Waals surface area contributed by atoms with Crippen molar-refractivity contribution < 1.29 is 19.9 Å². The number of likely N-dealkylation sites (tertiary alicyclic amines) is 1. The molecule has 1 aromatic carbocycles. The van der Waals surface area contributed by atoms with Crippen molar-refractivity contribution in [3.63, 3.8) is 0 Å². The molecule has 1 aromatic rings. The summed E-state index contributed by atoms with van der Waals surface area (Å²) < 4.78 is 0. The predicted octanol–water partition coefficient (Wildman–Crippen LogP) is 2.84. The van der Waals surface area contributed by atoms with Gasteiger partial charge in [-0.25, -0.2) is 0 Å². The first-order valence-electron chi connectivity index (χ1n) is 11.4. The normalized spacial score (nSPS) is 24.1. The number of aryl methyl sites for hydroxylation is 1. The van der Waals surface area contributed by atoms with Crippen LogP contribution in [0.1, 0.15) is 69.5 Å². The first kappa shape index (κ1) is 23.3. The molecule has 1 heterocycles. The van der Waals surface area contributed by atoms with E-state index in [-0.39, 0.29) is 17.7 Å². The quantitative estimate of drug-likeness (QED) is 0.384. The van der Waals surface area contributed by atoms with Crippen molar-refractivity contribution in [2.75, 3.05) is 13.1 Å². The zero-order chi connectivity index (χ0) is 21.9. The van der Waals surface area contributed by atoms with Gasteiger partial charge in [-0.1, -0.05) is 51.0 Å². The summed E-state index contributed by atoms with van der Waals surface area (Å²) in [6.45, 7) is 6.41. The highest BCUT2D eigenvalue weighted by Crippen LogP contribution is 2.48. The summed E-state index contributed by atoms with van der Waals surface area (Å²) in [5.41, 5.74) is 8.24. The number of nitrogens with zero attached hydrogens (tertiary/aromatic N) is 1. The van der Waals surface area contributed by atoms with Gasteiger partial charge in [0.25, 0.3) is 0 Å². The van der Waals surface area contributed by atoms with E-state index in [0.717, 1.165) is 38.8 Å². The van der Waals surface area contributed by atoms with Gasteiger partial charge >= 0.3 is 13.1 Å². The van der Waals surface area contributed by atoms with Crippen LogP contribution in [0.15, 0.2) is 24.3 Å². The highest BCUT2D eigenvalue weighted by atomic mass is 16.4. The van der Waals surface area contributed by atoms with Gasteiger partial charge in [-0.2, -0.15) is 0 Å². The van der Waals surface area contributed by atoms with Gasteiger partial charge < -0.3 is 20.9 Å². The second-order valence-electron chi connectivity index (χ2n) is 9.97. The van der Waals surface area contributed by atoms with Crippen LogP contribution >= 0.6 is 0 Å². The minimum Gasteiger partial charge on any atom is -0.480 e. The third-order valence-electron chi connectivity index (χ3n) is 7.45. The summed E-state index contributed by atoms with van der Waals surface area (Å²) in [5, 5.41) is 27.9. The standard InChI is InChI=1S/C23H37BN2O4/c1-22(2)13-9-17-7-3-4-8-19(17)20(22)26-15-10-18(11-16-26)23(25,21(27)28)12-5-6-14-24(29)30/h3-4,7-8,18,20,29-30H,5-6,9-16,25H2,1-2H3,(H,27,28). The van der Waals surface area contributed by atoms with Crippen molar-refractivity contribution in [2.45, 2.75) is 76.7 Å². The van der Waals surface area contributed by atoms with Gasteiger partial charge in [0.2, 0.25) is 0 Å². The van der Waals surface area contributed by atoms with Crippen LogP contribution in [-0.2, 0) is 11.2 Å². The fourth-order valence-electron chi connectivity index (χ4n) is 5.64. The van der Waals surface area contributed by atoms with E-state index < -0.39 is 18.6 Å². The average Bonchev–Trinajstić information content (AvgIpc) is 2.70. The summed E-state index contributed by atoms with van der Waals surface area (Å²) in [4.78, 5) is 14.6. The third kappa shape index (κ3) is 4.91. The van der Waals surface area contributed by atoms with Crippen LogP contribution in [0.2, 0.25) is 6.32 Å². The van der Waals surface area contributed by atoms with Gasteiger partial charge in [-0.05, 0) is 74.0 Å². The molecule has 30 heavy (non-hydrogen) atoms. The minimum absolute atomic E-state index is 0.0627. The molecule has 0 bridgehead atoms. The molecule has 0 amide bonds. The smallest absolute Gasteiger partial charge is 0.451 e. The maximum atomic E-state index is 12.1. The lowest BCUT2D eigenvalue weighted by Crippen LogP contribution is -2.57. The largest absolute Gasteiger partial charge is 0.480 e. The van der Waals surface area contributed by atoms with Gasteiger partial charge in [0.05, 0.1) is 0 Å². The SMILES string of the molecule is CC1(C)CCc2ccccc2C1N1CCC(C(N)(CCCCB(O)O)C(=O)O)CC1. The highest BCUT2D eigenvalue weighted by molar-refractivity contribution is 6.40. The number of aliphatic carboxylic acids is 1. The fourth-order valence-corrected chi connectivity index (χ4v) is 5.64. The second-order valence-corrected chi connectivity index (χ2v) is 9.97. The number of carboxylic acid groups (broad SMARTS) is 1. The van der Waals surface area contributed by atoms with Gasteiger partial charge in [-0.15, -0.1) is 0 Å². The van der Waals surface area contributed by atoms with Gasteiger partial charge in [0.15, 0.2) is 0 Å². The molecule has 166 valence electrons. The van der Waals surface area contributed by atoms with E-state index in [9.17, 15) is 9.90 Å². The summed E-state index contributed by atoms with van der Waals surface area (Å²) >= 11 is 0. The highest BCUT2D eigenvalue weighted by Gasteiger charge is 2.46. The molecule has 7 heteroatoms. The summed E-state index contributed by atoms with van der Waals surface area (Å²) in [5.74, 6) is -0.999. The summed E-state index contributed by atoms with van der Waals surface area (Å²) in [6, 6.07) is 9.09. The number of rotatable bonds is 8. The van der Waals surface area contributed by atoms with Crippen LogP contribution < -0.4 is 5.73 Å². The van der Waals surface area contributed by atoms with E-state index in [1.807, 2.05) is 0 Å². The monoisotopic (exact) mass is 416 g/mol. The molecule has 0 saturated carbocycles. The van der Waals surface area contributed by atoms with Gasteiger partial charge in [-0.3, -0.25) is 9.69 Å². The van der Waals surface area contributed by atoms with Gasteiger partial charge in [0.1, 0.15) is 5.54 Å². The molecule has 0 radical (unpaired) electrons. The first-order chi connectivity index (χ1) is 14.1. The Bertz CT molecular complexity index is 734.